The quantitative estimate of drug-likeness (QED) is 0.186. The molecule has 250 valence electrons. The van der Waals surface area contributed by atoms with E-state index in [0.29, 0.717) is 5.82 Å². The lowest BCUT2D eigenvalue weighted by Crippen LogP contribution is -2.17. The first kappa shape index (κ1) is 29.8. The zero-order chi connectivity index (χ0) is 35.3. The second-order valence-electron chi connectivity index (χ2n) is 14.4. The van der Waals surface area contributed by atoms with E-state index in [1.165, 1.54) is 16.3 Å². The van der Waals surface area contributed by atoms with Crippen LogP contribution in [0.1, 0.15) is 25.0 Å². The van der Waals surface area contributed by atoms with Gasteiger partial charge in [0.2, 0.25) is 0 Å². The third-order valence-electron chi connectivity index (χ3n) is 11.0. The average molecular weight is 681 g/mol. The molecule has 0 radical (unpaired) electrons. The number of furan rings is 1. The Balaban J connectivity index is 1.22. The zero-order valence-electron chi connectivity index (χ0n) is 29.2. The molecule has 5 nitrogen and oxygen atoms in total. The zero-order valence-corrected chi connectivity index (χ0v) is 29.2. The van der Waals surface area contributed by atoms with Crippen LogP contribution in [0.2, 0.25) is 0 Å². The Morgan fingerprint density at radius 2 is 1.30 bits per heavy atom. The van der Waals surface area contributed by atoms with E-state index in [2.05, 4.69) is 157 Å². The van der Waals surface area contributed by atoms with Crippen LogP contribution in [-0.2, 0) is 5.41 Å². The van der Waals surface area contributed by atoms with E-state index in [9.17, 15) is 0 Å². The minimum atomic E-state index is -0.337. The lowest BCUT2D eigenvalue weighted by atomic mass is 9.80. The van der Waals surface area contributed by atoms with Gasteiger partial charge in [-0.2, -0.15) is 0 Å². The monoisotopic (exact) mass is 680 g/mol. The number of pyridine rings is 1. The van der Waals surface area contributed by atoms with Crippen LogP contribution in [0.5, 0.6) is 0 Å². The Morgan fingerprint density at radius 1 is 0.585 bits per heavy atom. The molecule has 10 aromatic rings. The van der Waals surface area contributed by atoms with Crippen molar-refractivity contribution in [3.63, 3.8) is 0 Å². The van der Waals surface area contributed by atoms with Crippen molar-refractivity contribution in [3.8, 4) is 50.8 Å². The fourth-order valence-corrected chi connectivity index (χ4v) is 8.66. The van der Waals surface area contributed by atoms with E-state index < -0.39 is 0 Å². The van der Waals surface area contributed by atoms with Gasteiger partial charge >= 0.3 is 0 Å². The van der Waals surface area contributed by atoms with Gasteiger partial charge in [-0.1, -0.05) is 111 Å². The molecule has 5 heteroatoms. The van der Waals surface area contributed by atoms with Crippen LogP contribution in [-0.4, -0.2) is 19.5 Å². The van der Waals surface area contributed by atoms with Gasteiger partial charge in [-0.05, 0) is 60.2 Å². The predicted octanol–water partition coefficient (Wildman–Crippen LogP) is 12.2. The van der Waals surface area contributed by atoms with E-state index in [-0.39, 0.29) is 5.41 Å². The average Bonchev–Trinajstić information content (AvgIpc) is 3.84. The molecule has 0 spiro atoms. The summed E-state index contributed by atoms with van der Waals surface area (Å²) in [6, 6.07) is 53.1. The molecule has 53 heavy (non-hydrogen) atoms. The van der Waals surface area contributed by atoms with Crippen molar-refractivity contribution in [2.24, 2.45) is 0 Å². The Morgan fingerprint density at radius 3 is 2.17 bits per heavy atom. The minimum absolute atomic E-state index is 0.337. The van der Waals surface area contributed by atoms with Crippen LogP contribution in [0, 0.1) is 0 Å². The van der Waals surface area contributed by atoms with Crippen LogP contribution in [0.4, 0.5) is 0 Å². The molecule has 0 unspecified atom stereocenters. The van der Waals surface area contributed by atoms with Crippen LogP contribution in [0.15, 0.2) is 162 Å². The van der Waals surface area contributed by atoms with Gasteiger partial charge in [-0.3, -0.25) is 4.98 Å². The van der Waals surface area contributed by atoms with Gasteiger partial charge in [0.05, 0.1) is 33.5 Å². The minimum Gasteiger partial charge on any atom is -0.455 e. The second-order valence-corrected chi connectivity index (χ2v) is 14.4. The molecule has 0 atom stereocenters. The van der Waals surface area contributed by atoms with Crippen molar-refractivity contribution in [2.75, 3.05) is 0 Å². The van der Waals surface area contributed by atoms with Crippen LogP contribution in [0.3, 0.4) is 0 Å². The Bertz CT molecular complexity index is 3080. The third-order valence-corrected chi connectivity index (χ3v) is 11.0. The molecule has 0 amide bonds. The van der Waals surface area contributed by atoms with Crippen LogP contribution in [0.25, 0.3) is 94.6 Å². The van der Waals surface area contributed by atoms with Gasteiger partial charge in [0.1, 0.15) is 11.2 Å². The second kappa shape index (κ2) is 11.1. The van der Waals surface area contributed by atoms with Crippen molar-refractivity contribution in [1.82, 2.24) is 19.5 Å². The Labute approximate surface area is 305 Å². The highest BCUT2D eigenvalue weighted by Gasteiger charge is 2.40. The summed E-state index contributed by atoms with van der Waals surface area (Å²) in [6.07, 6.45) is 1.83. The van der Waals surface area contributed by atoms with Crippen LogP contribution < -0.4 is 0 Å². The SMILES string of the molecule is CC1(C)c2ccccc2-c2nc(-c3cccc(-c4ccccn4)c3)nc(-c3cccc4c3oc3ccc5c6ccccc6n(-c6ccccc6)c5c34)c21. The lowest BCUT2D eigenvalue weighted by molar-refractivity contribution is 0.655. The molecule has 1 aliphatic carbocycles. The summed E-state index contributed by atoms with van der Waals surface area (Å²) in [5.41, 5.74) is 13.9. The van der Waals surface area contributed by atoms with Gasteiger partial charge in [0.25, 0.3) is 0 Å². The molecule has 1 aliphatic rings. The highest BCUT2D eigenvalue weighted by atomic mass is 16.3. The summed E-state index contributed by atoms with van der Waals surface area (Å²) in [7, 11) is 0. The van der Waals surface area contributed by atoms with Crippen molar-refractivity contribution in [3.05, 3.63) is 169 Å². The molecule has 6 aromatic carbocycles. The Kier molecular flexibility index (Phi) is 6.23. The van der Waals surface area contributed by atoms with E-state index in [1.807, 2.05) is 24.4 Å². The fourth-order valence-electron chi connectivity index (χ4n) is 8.66. The first-order valence-corrected chi connectivity index (χ1v) is 18.0. The molecule has 0 fully saturated rings. The fraction of sp³-hybridized carbons (Fsp3) is 0.0625. The van der Waals surface area contributed by atoms with Crippen molar-refractivity contribution >= 4 is 43.7 Å². The van der Waals surface area contributed by atoms with Crippen molar-refractivity contribution in [1.29, 1.82) is 0 Å². The number of nitrogens with zero attached hydrogens (tertiary/aromatic N) is 4. The standard InChI is InChI=1S/C48H32N4O/c1-48(2)37-22-8-6-19-34(37)43-42(48)44(51-47(50-43)30-15-12-14-29(28-30)38-23-10-11-27-49-38)36-21-13-20-35-41-40(53-46(35)36)26-25-33-32-18-7-9-24-39(32)52(45(33)41)31-16-4-3-5-17-31/h3-28H,1-2H3. The highest BCUT2D eigenvalue weighted by molar-refractivity contribution is 6.25. The molecule has 11 rings (SSSR count). The summed E-state index contributed by atoms with van der Waals surface area (Å²) >= 11 is 0. The molecule has 0 N–H and O–H groups in total. The maximum Gasteiger partial charge on any atom is 0.160 e. The van der Waals surface area contributed by atoms with Gasteiger partial charge in [0.15, 0.2) is 5.82 Å². The molecule has 0 bridgehead atoms. The molecule has 0 saturated heterocycles. The van der Waals surface area contributed by atoms with Gasteiger partial charge in [-0.15, -0.1) is 0 Å². The molecule has 4 heterocycles. The maximum atomic E-state index is 6.98. The molecular formula is C48H32N4O. The summed E-state index contributed by atoms with van der Waals surface area (Å²) in [4.78, 5) is 15.4. The molecule has 0 aliphatic heterocycles. The predicted molar refractivity (Wildman–Crippen MR) is 215 cm³/mol. The normalized spacial score (nSPS) is 13.2. The third kappa shape index (κ3) is 4.28. The maximum absolute atomic E-state index is 6.98. The van der Waals surface area contributed by atoms with Crippen LogP contribution >= 0.6 is 0 Å². The van der Waals surface area contributed by atoms with Gasteiger partial charge in [0, 0.05) is 61.3 Å². The van der Waals surface area contributed by atoms with E-state index in [0.717, 1.165) is 83.6 Å². The number of rotatable bonds is 4. The van der Waals surface area contributed by atoms with E-state index in [1.54, 1.807) is 0 Å². The summed E-state index contributed by atoms with van der Waals surface area (Å²) in [5, 5.41) is 4.56. The highest BCUT2D eigenvalue weighted by Crippen LogP contribution is 2.53. The first-order chi connectivity index (χ1) is 26.1. The van der Waals surface area contributed by atoms with Gasteiger partial charge < -0.3 is 8.98 Å². The number of benzene rings is 6. The molecular weight excluding hydrogens is 649 g/mol. The number of para-hydroxylation sites is 3. The molecule has 0 saturated carbocycles. The summed E-state index contributed by atoms with van der Waals surface area (Å²) in [6.45, 7) is 4.57. The first-order valence-electron chi connectivity index (χ1n) is 18.0. The Hall–Kier alpha value is -6.85. The lowest BCUT2D eigenvalue weighted by Gasteiger charge is -2.23. The number of hydrogen-bond acceptors (Lipinski definition) is 4. The number of fused-ring (bicyclic) bond motifs is 10. The number of hydrogen-bond donors (Lipinski definition) is 0. The molecule has 4 aromatic heterocycles. The van der Waals surface area contributed by atoms with Crippen molar-refractivity contribution in [2.45, 2.75) is 19.3 Å². The topological polar surface area (TPSA) is 56.7 Å². The summed E-state index contributed by atoms with van der Waals surface area (Å²) in [5.74, 6) is 0.670. The van der Waals surface area contributed by atoms with Gasteiger partial charge in [-0.25, -0.2) is 9.97 Å². The van der Waals surface area contributed by atoms with E-state index in [4.69, 9.17) is 14.4 Å². The smallest absolute Gasteiger partial charge is 0.160 e. The van der Waals surface area contributed by atoms with Crippen molar-refractivity contribution < 1.29 is 4.42 Å². The number of aromatic nitrogens is 4. The summed E-state index contributed by atoms with van der Waals surface area (Å²) < 4.78 is 9.36. The largest absolute Gasteiger partial charge is 0.455 e. The van der Waals surface area contributed by atoms with E-state index >= 15 is 0 Å².